The summed E-state index contributed by atoms with van der Waals surface area (Å²) in [5.41, 5.74) is 0.883. The van der Waals surface area contributed by atoms with Gasteiger partial charge in [-0.1, -0.05) is 15.9 Å². The molecule has 0 aliphatic rings. The molecule has 0 aliphatic carbocycles. The van der Waals surface area contributed by atoms with Gasteiger partial charge in [0.2, 0.25) is 0 Å². The highest BCUT2D eigenvalue weighted by atomic mass is 79.9. The first-order valence-corrected chi connectivity index (χ1v) is 9.61. The molecule has 11 heteroatoms. The Bertz CT molecular complexity index is 1150. The van der Waals surface area contributed by atoms with Crippen LogP contribution in [0.4, 0.5) is 11.4 Å². The Morgan fingerprint density at radius 1 is 1.20 bits per heavy atom. The molecule has 2 aromatic carbocycles. The van der Waals surface area contributed by atoms with E-state index in [0.29, 0.717) is 11.2 Å². The number of non-ortho nitro benzene ring substituents is 1. The van der Waals surface area contributed by atoms with E-state index < -0.39 is 29.2 Å². The number of halogens is 1. The minimum atomic E-state index is -0.673. The molecule has 1 N–H and O–H groups in total. The minimum Gasteiger partial charge on any atom is -0.456 e. The SMILES string of the molecule is O=C(COC(=O)CCCn1c(=O)oc2cc([N+](=O)[O-])ccc21)Nc1ccc(Br)cc1. The molecular formula is C19H16BrN3O7. The summed E-state index contributed by atoms with van der Waals surface area (Å²) >= 11 is 3.29. The summed E-state index contributed by atoms with van der Waals surface area (Å²) < 4.78 is 12.1. The molecule has 3 rings (SSSR count). The molecule has 0 saturated carbocycles. The standard InChI is InChI=1S/C19H16BrN3O7/c20-12-3-5-13(6-4-12)21-17(24)11-29-18(25)2-1-9-22-15-8-7-14(23(27)28)10-16(15)30-19(22)26/h3-8,10H,1-2,9,11H2,(H,21,24). The Hall–Kier alpha value is -3.47. The van der Waals surface area contributed by atoms with Gasteiger partial charge < -0.3 is 14.5 Å². The first-order valence-electron chi connectivity index (χ1n) is 8.82. The quantitative estimate of drug-likeness (QED) is 0.299. The summed E-state index contributed by atoms with van der Waals surface area (Å²) in [6, 6.07) is 10.8. The van der Waals surface area contributed by atoms with Crippen molar-refractivity contribution < 1.29 is 23.7 Å². The zero-order valence-corrected chi connectivity index (χ0v) is 17.1. The van der Waals surface area contributed by atoms with Crippen LogP contribution in [0.2, 0.25) is 0 Å². The number of nitrogens with one attached hydrogen (secondary N) is 1. The summed E-state index contributed by atoms with van der Waals surface area (Å²) in [6.45, 7) is -0.267. The molecule has 0 aliphatic heterocycles. The van der Waals surface area contributed by atoms with E-state index >= 15 is 0 Å². The Morgan fingerprint density at radius 2 is 1.93 bits per heavy atom. The van der Waals surface area contributed by atoms with Gasteiger partial charge in [-0.15, -0.1) is 0 Å². The molecule has 0 fully saturated rings. The van der Waals surface area contributed by atoms with Crippen LogP contribution >= 0.6 is 15.9 Å². The van der Waals surface area contributed by atoms with E-state index in [2.05, 4.69) is 21.2 Å². The number of esters is 1. The van der Waals surface area contributed by atoms with Crippen molar-refractivity contribution in [3.05, 3.63) is 67.6 Å². The minimum absolute atomic E-state index is 0.0162. The summed E-state index contributed by atoms with van der Waals surface area (Å²) in [5.74, 6) is -1.73. The number of anilines is 1. The van der Waals surface area contributed by atoms with Gasteiger partial charge in [0.25, 0.3) is 11.6 Å². The van der Waals surface area contributed by atoms with Crippen molar-refractivity contribution in [2.45, 2.75) is 19.4 Å². The molecule has 1 heterocycles. The number of ether oxygens (including phenoxy) is 1. The van der Waals surface area contributed by atoms with Crippen molar-refractivity contribution in [3.8, 4) is 0 Å². The number of nitro groups is 1. The first-order chi connectivity index (χ1) is 14.3. The summed E-state index contributed by atoms with van der Waals surface area (Å²) in [5, 5.41) is 13.4. The van der Waals surface area contributed by atoms with Crippen LogP contribution < -0.4 is 11.1 Å². The highest BCUT2D eigenvalue weighted by Crippen LogP contribution is 2.20. The van der Waals surface area contributed by atoms with E-state index in [1.54, 1.807) is 24.3 Å². The molecule has 0 saturated heterocycles. The molecule has 30 heavy (non-hydrogen) atoms. The predicted octanol–water partition coefficient (Wildman–Crippen LogP) is 3.23. The van der Waals surface area contributed by atoms with Gasteiger partial charge in [-0.2, -0.15) is 0 Å². The molecule has 0 bridgehead atoms. The van der Waals surface area contributed by atoms with Gasteiger partial charge in [-0.3, -0.25) is 24.3 Å². The van der Waals surface area contributed by atoms with Crippen LogP contribution in [0.15, 0.2) is 56.1 Å². The number of benzene rings is 2. The molecule has 10 nitrogen and oxygen atoms in total. The Morgan fingerprint density at radius 3 is 2.63 bits per heavy atom. The van der Waals surface area contributed by atoms with E-state index in [-0.39, 0.29) is 30.7 Å². The predicted molar refractivity (Wildman–Crippen MR) is 110 cm³/mol. The summed E-state index contributed by atoms with van der Waals surface area (Å²) in [6.07, 6.45) is 0.246. The average molecular weight is 478 g/mol. The van der Waals surface area contributed by atoms with Crippen LogP contribution in [0, 0.1) is 10.1 Å². The molecule has 1 aromatic heterocycles. The van der Waals surface area contributed by atoms with Gasteiger partial charge in [0, 0.05) is 29.2 Å². The molecular weight excluding hydrogens is 462 g/mol. The fourth-order valence-corrected chi connectivity index (χ4v) is 2.97. The zero-order chi connectivity index (χ0) is 21.7. The Kier molecular flexibility index (Phi) is 6.62. The van der Waals surface area contributed by atoms with Gasteiger partial charge >= 0.3 is 11.7 Å². The monoisotopic (exact) mass is 477 g/mol. The van der Waals surface area contributed by atoms with Gasteiger partial charge in [0.1, 0.15) is 0 Å². The van der Waals surface area contributed by atoms with Gasteiger partial charge in [0.05, 0.1) is 16.5 Å². The van der Waals surface area contributed by atoms with Crippen molar-refractivity contribution in [2.75, 3.05) is 11.9 Å². The number of aromatic nitrogens is 1. The Balaban J connectivity index is 1.48. The van der Waals surface area contributed by atoms with Crippen LogP contribution in [-0.2, 0) is 20.9 Å². The van der Waals surface area contributed by atoms with Crippen molar-refractivity contribution in [1.82, 2.24) is 4.57 Å². The lowest BCUT2D eigenvalue weighted by Crippen LogP contribution is -2.21. The number of carbonyl (C=O) groups is 2. The number of rotatable bonds is 8. The lowest BCUT2D eigenvalue weighted by molar-refractivity contribution is -0.384. The van der Waals surface area contributed by atoms with Gasteiger partial charge in [-0.05, 0) is 36.8 Å². The number of aryl methyl sites for hydroxylation is 1. The van der Waals surface area contributed by atoms with E-state index in [1.807, 2.05) is 0 Å². The van der Waals surface area contributed by atoms with Crippen LogP contribution in [0.5, 0.6) is 0 Å². The second-order valence-electron chi connectivity index (χ2n) is 6.25. The number of oxazole rings is 1. The number of hydrogen-bond acceptors (Lipinski definition) is 7. The van der Waals surface area contributed by atoms with Crippen molar-refractivity contribution in [3.63, 3.8) is 0 Å². The highest BCUT2D eigenvalue weighted by molar-refractivity contribution is 9.10. The number of hydrogen-bond donors (Lipinski definition) is 1. The lowest BCUT2D eigenvalue weighted by atomic mass is 10.2. The number of fused-ring (bicyclic) bond motifs is 1. The van der Waals surface area contributed by atoms with E-state index in [0.717, 1.165) is 4.47 Å². The van der Waals surface area contributed by atoms with Crippen molar-refractivity contribution in [1.29, 1.82) is 0 Å². The third-order valence-corrected chi connectivity index (χ3v) is 4.65. The summed E-state index contributed by atoms with van der Waals surface area (Å²) in [7, 11) is 0. The van der Waals surface area contributed by atoms with Crippen molar-refractivity contribution >= 4 is 50.3 Å². The number of nitro benzene ring substituents is 1. The molecule has 156 valence electrons. The molecule has 1 amide bonds. The maximum atomic E-state index is 12.0. The second kappa shape index (κ2) is 9.35. The van der Waals surface area contributed by atoms with Crippen molar-refractivity contribution in [2.24, 2.45) is 0 Å². The number of carbonyl (C=O) groups excluding carboxylic acids is 2. The lowest BCUT2D eigenvalue weighted by Gasteiger charge is -2.07. The number of nitrogens with zero attached hydrogens (tertiary/aromatic N) is 2. The maximum Gasteiger partial charge on any atom is 0.419 e. The van der Waals surface area contributed by atoms with Crippen LogP contribution in [-0.4, -0.2) is 28.0 Å². The topological polar surface area (TPSA) is 134 Å². The van der Waals surface area contributed by atoms with E-state index in [4.69, 9.17) is 9.15 Å². The molecule has 0 atom stereocenters. The maximum absolute atomic E-state index is 12.0. The first kappa shape index (κ1) is 21.2. The second-order valence-corrected chi connectivity index (χ2v) is 7.16. The largest absolute Gasteiger partial charge is 0.456 e. The van der Waals surface area contributed by atoms with Crippen LogP contribution in [0.25, 0.3) is 11.1 Å². The zero-order valence-electron chi connectivity index (χ0n) is 15.5. The van der Waals surface area contributed by atoms with Gasteiger partial charge in [-0.25, -0.2) is 4.79 Å². The summed E-state index contributed by atoms with van der Waals surface area (Å²) in [4.78, 5) is 45.9. The van der Waals surface area contributed by atoms with Crippen LogP contribution in [0.3, 0.4) is 0 Å². The smallest absolute Gasteiger partial charge is 0.419 e. The molecule has 0 radical (unpaired) electrons. The highest BCUT2D eigenvalue weighted by Gasteiger charge is 2.15. The molecule has 3 aromatic rings. The molecule has 0 unspecified atom stereocenters. The fourth-order valence-electron chi connectivity index (χ4n) is 2.71. The fraction of sp³-hybridized carbons (Fsp3) is 0.211. The van der Waals surface area contributed by atoms with Crippen LogP contribution in [0.1, 0.15) is 12.8 Å². The molecule has 0 spiro atoms. The third kappa shape index (κ3) is 5.32. The van der Waals surface area contributed by atoms with E-state index in [1.165, 1.54) is 22.8 Å². The number of amides is 1. The van der Waals surface area contributed by atoms with Gasteiger partial charge in [0.15, 0.2) is 12.2 Å². The average Bonchev–Trinajstić information content (AvgIpc) is 3.02. The Labute approximate surface area is 177 Å². The van der Waals surface area contributed by atoms with E-state index in [9.17, 15) is 24.5 Å². The third-order valence-electron chi connectivity index (χ3n) is 4.12. The normalized spacial score (nSPS) is 10.7.